The van der Waals surface area contributed by atoms with Crippen molar-refractivity contribution in [2.24, 2.45) is 7.05 Å². The van der Waals surface area contributed by atoms with Crippen molar-refractivity contribution in [1.82, 2.24) is 24.6 Å². The second-order valence-electron chi connectivity index (χ2n) is 7.88. The molecule has 4 rings (SSSR count). The first-order valence-electron chi connectivity index (χ1n) is 9.90. The van der Waals surface area contributed by atoms with Crippen LogP contribution in [0.5, 0.6) is 0 Å². The van der Waals surface area contributed by atoms with Crippen LogP contribution in [0.4, 0.5) is 5.82 Å². The lowest BCUT2D eigenvalue weighted by Crippen LogP contribution is -2.33. The van der Waals surface area contributed by atoms with Gasteiger partial charge in [0.1, 0.15) is 11.6 Å². The van der Waals surface area contributed by atoms with Crippen molar-refractivity contribution in [2.75, 3.05) is 31.1 Å². The maximum absolute atomic E-state index is 4.95. The Morgan fingerprint density at radius 1 is 1.04 bits per heavy atom. The monoisotopic (exact) mass is 354 g/mol. The summed E-state index contributed by atoms with van der Waals surface area (Å²) in [6, 6.07) is 2.15. The van der Waals surface area contributed by atoms with Crippen molar-refractivity contribution in [3.8, 4) is 0 Å². The second kappa shape index (κ2) is 7.35. The van der Waals surface area contributed by atoms with Gasteiger partial charge in [0, 0.05) is 56.1 Å². The van der Waals surface area contributed by atoms with Gasteiger partial charge in [-0.25, -0.2) is 9.97 Å². The summed E-state index contributed by atoms with van der Waals surface area (Å²) in [7, 11) is 2.00. The second-order valence-corrected chi connectivity index (χ2v) is 7.88. The number of aryl methyl sites for hydroxylation is 3. The SMILES string of the molecule is Cc1cc(N2CCCC2)nc(C2CCN(Cc3cn(C)nc3C)CC2)n1. The van der Waals surface area contributed by atoms with Crippen LogP contribution in [-0.4, -0.2) is 50.8 Å². The van der Waals surface area contributed by atoms with Crippen LogP contribution in [0.1, 0.15) is 54.4 Å². The van der Waals surface area contributed by atoms with Gasteiger partial charge in [0.2, 0.25) is 0 Å². The van der Waals surface area contributed by atoms with Crippen LogP contribution in [0.3, 0.4) is 0 Å². The fourth-order valence-electron chi connectivity index (χ4n) is 4.26. The highest BCUT2D eigenvalue weighted by Crippen LogP contribution is 2.29. The highest BCUT2D eigenvalue weighted by molar-refractivity contribution is 5.41. The molecule has 2 saturated heterocycles. The van der Waals surface area contributed by atoms with Gasteiger partial charge in [0.15, 0.2) is 0 Å². The highest BCUT2D eigenvalue weighted by atomic mass is 15.3. The Hall–Kier alpha value is -1.95. The third kappa shape index (κ3) is 3.75. The Kier molecular flexibility index (Phi) is 4.94. The van der Waals surface area contributed by atoms with Gasteiger partial charge in [0.05, 0.1) is 5.69 Å². The maximum atomic E-state index is 4.95. The topological polar surface area (TPSA) is 50.1 Å². The van der Waals surface area contributed by atoms with Gasteiger partial charge in [0.25, 0.3) is 0 Å². The number of anilines is 1. The number of rotatable bonds is 4. The van der Waals surface area contributed by atoms with E-state index in [9.17, 15) is 0 Å². The average Bonchev–Trinajstić information content (AvgIpc) is 3.25. The van der Waals surface area contributed by atoms with Gasteiger partial charge < -0.3 is 4.90 Å². The lowest BCUT2D eigenvalue weighted by atomic mass is 9.95. The molecule has 0 atom stereocenters. The van der Waals surface area contributed by atoms with E-state index in [0.29, 0.717) is 5.92 Å². The lowest BCUT2D eigenvalue weighted by molar-refractivity contribution is 0.201. The molecular formula is C20H30N6. The van der Waals surface area contributed by atoms with E-state index in [1.54, 1.807) is 0 Å². The Balaban J connectivity index is 1.40. The molecule has 2 aromatic heterocycles. The van der Waals surface area contributed by atoms with Crippen LogP contribution in [0.25, 0.3) is 0 Å². The average molecular weight is 355 g/mol. The Labute approximate surface area is 156 Å². The molecule has 2 aliphatic heterocycles. The third-order valence-electron chi connectivity index (χ3n) is 5.75. The smallest absolute Gasteiger partial charge is 0.134 e. The van der Waals surface area contributed by atoms with E-state index in [1.165, 1.54) is 18.4 Å². The summed E-state index contributed by atoms with van der Waals surface area (Å²) < 4.78 is 1.91. The summed E-state index contributed by atoms with van der Waals surface area (Å²) in [5, 5.41) is 4.46. The Morgan fingerprint density at radius 2 is 1.77 bits per heavy atom. The number of piperidine rings is 1. The highest BCUT2D eigenvalue weighted by Gasteiger charge is 2.25. The van der Waals surface area contributed by atoms with Crippen LogP contribution in [-0.2, 0) is 13.6 Å². The summed E-state index contributed by atoms with van der Waals surface area (Å²) in [5.74, 6) is 2.69. The molecule has 0 N–H and O–H groups in total. The molecule has 0 unspecified atom stereocenters. The molecule has 0 saturated carbocycles. The third-order valence-corrected chi connectivity index (χ3v) is 5.75. The van der Waals surface area contributed by atoms with Crippen molar-refractivity contribution in [1.29, 1.82) is 0 Å². The van der Waals surface area contributed by atoms with Gasteiger partial charge in [-0.3, -0.25) is 9.58 Å². The van der Waals surface area contributed by atoms with Gasteiger partial charge in [-0.2, -0.15) is 5.10 Å². The fraction of sp³-hybridized carbons (Fsp3) is 0.650. The van der Waals surface area contributed by atoms with Crippen LogP contribution in [0.15, 0.2) is 12.3 Å². The molecule has 0 spiro atoms. The quantitative estimate of drug-likeness (QED) is 0.845. The molecular weight excluding hydrogens is 324 g/mol. The minimum atomic E-state index is 0.488. The molecule has 2 aliphatic rings. The standard InChI is InChI=1S/C20H30N6/c1-15-12-19(26-8-4-5-9-26)22-20(21-15)17-6-10-25(11-7-17)14-18-13-24(3)23-16(18)2/h12-13,17H,4-11,14H2,1-3H3. The largest absolute Gasteiger partial charge is 0.357 e. The zero-order valence-corrected chi connectivity index (χ0v) is 16.3. The van der Waals surface area contributed by atoms with E-state index in [2.05, 4.69) is 41.0 Å². The number of aromatic nitrogens is 4. The molecule has 2 aromatic rings. The maximum Gasteiger partial charge on any atom is 0.134 e. The van der Waals surface area contributed by atoms with Crippen molar-refractivity contribution >= 4 is 5.82 Å². The fourth-order valence-corrected chi connectivity index (χ4v) is 4.26. The van der Waals surface area contributed by atoms with Crippen molar-refractivity contribution < 1.29 is 0 Å². The first-order chi connectivity index (χ1) is 12.6. The molecule has 26 heavy (non-hydrogen) atoms. The van der Waals surface area contributed by atoms with Crippen LogP contribution in [0.2, 0.25) is 0 Å². The van der Waals surface area contributed by atoms with E-state index in [0.717, 1.165) is 68.6 Å². The summed E-state index contributed by atoms with van der Waals surface area (Å²) in [4.78, 5) is 14.7. The summed E-state index contributed by atoms with van der Waals surface area (Å²) in [6.45, 7) is 9.69. The van der Waals surface area contributed by atoms with E-state index < -0.39 is 0 Å². The summed E-state index contributed by atoms with van der Waals surface area (Å²) in [5.41, 5.74) is 3.59. The molecule has 0 radical (unpaired) electrons. The van der Waals surface area contributed by atoms with E-state index in [-0.39, 0.29) is 0 Å². The van der Waals surface area contributed by atoms with Gasteiger partial charge >= 0.3 is 0 Å². The predicted molar refractivity (Wildman–Crippen MR) is 103 cm³/mol. The normalized spacial score (nSPS) is 19.4. The van der Waals surface area contributed by atoms with Gasteiger partial charge in [-0.15, -0.1) is 0 Å². The van der Waals surface area contributed by atoms with Crippen molar-refractivity contribution in [3.05, 3.63) is 35.0 Å². The molecule has 6 heteroatoms. The molecule has 0 aliphatic carbocycles. The zero-order chi connectivity index (χ0) is 18.1. The zero-order valence-electron chi connectivity index (χ0n) is 16.3. The first kappa shape index (κ1) is 17.5. The Morgan fingerprint density at radius 3 is 2.42 bits per heavy atom. The summed E-state index contributed by atoms with van der Waals surface area (Å²) >= 11 is 0. The number of hydrogen-bond donors (Lipinski definition) is 0. The van der Waals surface area contributed by atoms with E-state index >= 15 is 0 Å². The first-order valence-corrected chi connectivity index (χ1v) is 9.90. The van der Waals surface area contributed by atoms with Gasteiger partial charge in [-0.05, 0) is 52.6 Å². The molecule has 0 bridgehead atoms. The minimum Gasteiger partial charge on any atom is -0.357 e. The predicted octanol–water partition coefficient (Wildman–Crippen LogP) is 2.81. The number of likely N-dealkylation sites (tertiary alicyclic amines) is 1. The van der Waals surface area contributed by atoms with Gasteiger partial charge in [-0.1, -0.05) is 0 Å². The molecule has 0 amide bonds. The van der Waals surface area contributed by atoms with Crippen LogP contribution in [0, 0.1) is 13.8 Å². The number of hydrogen-bond acceptors (Lipinski definition) is 5. The van der Waals surface area contributed by atoms with E-state index in [4.69, 9.17) is 9.97 Å². The lowest BCUT2D eigenvalue weighted by Gasteiger charge is -2.31. The molecule has 4 heterocycles. The minimum absolute atomic E-state index is 0.488. The van der Waals surface area contributed by atoms with Crippen molar-refractivity contribution in [3.63, 3.8) is 0 Å². The molecule has 2 fully saturated rings. The number of nitrogens with zero attached hydrogens (tertiary/aromatic N) is 6. The van der Waals surface area contributed by atoms with Crippen LogP contribution >= 0.6 is 0 Å². The molecule has 140 valence electrons. The summed E-state index contributed by atoms with van der Waals surface area (Å²) in [6.07, 6.45) is 6.99. The van der Waals surface area contributed by atoms with Crippen LogP contribution < -0.4 is 4.90 Å². The van der Waals surface area contributed by atoms with E-state index in [1.807, 2.05) is 11.7 Å². The molecule has 0 aromatic carbocycles. The molecule has 6 nitrogen and oxygen atoms in total. The Bertz CT molecular complexity index is 754. The van der Waals surface area contributed by atoms with Crippen molar-refractivity contribution in [2.45, 2.75) is 52.0 Å².